The molecule has 1 amide bonds. The van der Waals surface area contributed by atoms with Crippen LogP contribution in [0.15, 0.2) is 69.6 Å². The van der Waals surface area contributed by atoms with Crippen molar-refractivity contribution in [1.82, 2.24) is 14.5 Å². The summed E-state index contributed by atoms with van der Waals surface area (Å²) in [5.41, 5.74) is 3.50. The van der Waals surface area contributed by atoms with Crippen molar-refractivity contribution >= 4 is 33.1 Å². The molecule has 7 nitrogen and oxygen atoms in total. The molecular formula is C26H26N4O3S. The Morgan fingerprint density at radius 3 is 2.59 bits per heavy atom. The first-order valence-corrected chi connectivity index (χ1v) is 12.2. The highest BCUT2D eigenvalue weighted by Crippen LogP contribution is 2.22. The van der Waals surface area contributed by atoms with Gasteiger partial charge in [-0.05, 0) is 60.7 Å². The van der Waals surface area contributed by atoms with Gasteiger partial charge in [0, 0.05) is 31.4 Å². The molecule has 1 unspecified atom stereocenters. The lowest BCUT2D eigenvalue weighted by atomic mass is 10.1. The summed E-state index contributed by atoms with van der Waals surface area (Å²) in [6, 6.07) is 17.5. The predicted molar refractivity (Wildman–Crippen MR) is 136 cm³/mol. The van der Waals surface area contributed by atoms with Crippen LogP contribution in [-0.4, -0.2) is 46.0 Å². The summed E-state index contributed by atoms with van der Waals surface area (Å²) in [7, 11) is 0. The minimum absolute atomic E-state index is 0.0820. The van der Waals surface area contributed by atoms with E-state index in [1.165, 1.54) is 22.6 Å². The summed E-state index contributed by atoms with van der Waals surface area (Å²) in [5, 5.41) is 1.78. The first-order chi connectivity index (χ1) is 16.4. The average molecular weight is 475 g/mol. The lowest BCUT2D eigenvalue weighted by Crippen LogP contribution is -2.54. The van der Waals surface area contributed by atoms with Gasteiger partial charge in [0.25, 0.3) is 5.56 Å². The molecule has 0 aliphatic carbocycles. The summed E-state index contributed by atoms with van der Waals surface area (Å²) < 4.78 is 1.65. The third-order valence-corrected chi connectivity index (χ3v) is 7.27. The van der Waals surface area contributed by atoms with Gasteiger partial charge < -0.3 is 14.8 Å². The number of piperazine rings is 1. The van der Waals surface area contributed by atoms with E-state index in [1.807, 2.05) is 17.0 Å². The molecular weight excluding hydrogens is 448 g/mol. The zero-order valence-electron chi connectivity index (χ0n) is 19.2. The van der Waals surface area contributed by atoms with Crippen LogP contribution < -0.4 is 16.1 Å². The van der Waals surface area contributed by atoms with Gasteiger partial charge in [-0.2, -0.15) is 0 Å². The van der Waals surface area contributed by atoms with E-state index >= 15 is 0 Å². The zero-order chi connectivity index (χ0) is 23.8. The normalized spacial score (nSPS) is 16.2. The fourth-order valence-corrected chi connectivity index (χ4v) is 5.37. The van der Waals surface area contributed by atoms with Crippen molar-refractivity contribution in [2.24, 2.45) is 0 Å². The van der Waals surface area contributed by atoms with Gasteiger partial charge in [0.1, 0.15) is 4.70 Å². The third-order valence-electron chi connectivity index (χ3n) is 6.37. The Morgan fingerprint density at radius 2 is 1.85 bits per heavy atom. The van der Waals surface area contributed by atoms with Gasteiger partial charge in [0.2, 0.25) is 5.91 Å². The second-order valence-electron chi connectivity index (χ2n) is 8.80. The van der Waals surface area contributed by atoms with Crippen LogP contribution in [0, 0.1) is 6.92 Å². The quantitative estimate of drug-likeness (QED) is 0.492. The number of nitrogens with one attached hydrogen (secondary N) is 1. The summed E-state index contributed by atoms with van der Waals surface area (Å²) in [5.74, 6) is 0.0820. The number of aromatic amines is 1. The lowest BCUT2D eigenvalue weighted by Gasteiger charge is -2.41. The molecule has 5 rings (SSSR count). The van der Waals surface area contributed by atoms with Gasteiger partial charge in [-0.25, -0.2) is 9.36 Å². The Morgan fingerprint density at radius 1 is 1.06 bits per heavy atom. The van der Waals surface area contributed by atoms with Crippen LogP contribution in [-0.2, 0) is 11.2 Å². The van der Waals surface area contributed by atoms with Crippen LogP contribution in [0.1, 0.15) is 18.1 Å². The van der Waals surface area contributed by atoms with E-state index < -0.39 is 5.69 Å². The Labute approximate surface area is 200 Å². The number of benzene rings is 2. The Balaban J connectivity index is 1.27. The smallest absolute Gasteiger partial charge is 0.333 e. The molecule has 2 aromatic heterocycles. The third kappa shape index (κ3) is 4.17. The summed E-state index contributed by atoms with van der Waals surface area (Å²) in [4.78, 5) is 45.2. The molecule has 1 N–H and O–H groups in total. The van der Waals surface area contributed by atoms with Crippen molar-refractivity contribution in [3.8, 4) is 5.69 Å². The number of thiophene rings is 1. The number of rotatable bonds is 4. The number of hydrogen-bond acceptors (Lipinski definition) is 5. The van der Waals surface area contributed by atoms with E-state index in [9.17, 15) is 14.4 Å². The van der Waals surface area contributed by atoms with Crippen molar-refractivity contribution in [2.45, 2.75) is 26.3 Å². The SMILES string of the molecule is Cc1cccc(N2CCN(C(=O)Cc3ccc(-n4c(=O)[nH]c5ccsc5c4=O)cc3)CC2C)c1. The minimum atomic E-state index is -0.472. The number of aryl methyl sites for hydroxylation is 1. The molecule has 1 aliphatic rings. The average Bonchev–Trinajstić information content (AvgIpc) is 3.29. The van der Waals surface area contributed by atoms with E-state index in [0.29, 0.717) is 29.0 Å². The van der Waals surface area contributed by atoms with Crippen LogP contribution in [0.25, 0.3) is 15.9 Å². The van der Waals surface area contributed by atoms with Crippen LogP contribution in [0.4, 0.5) is 5.69 Å². The highest BCUT2D eigenvalue weighted by Gasteiger charge is 2.27. The molecule has 3 heterocycles. The van der Waals surface area contributed by atoms with Gasteiger partial charge in [0.05, 0.1) is 17.6 Å². The molecule has 4 aromatic rings. The monoisotopic (exact) mass is 474 g/mol. The van der Waals surface area contributed by atoms with E-state index in [4.69, 9.17) is 0 Å². The first-order valence-electron chi connectivity index (χ1n) is 11.3. The number of carbonyl (C=O) groups is 1. The molecule has 174 valence electrons. The second kappa shape index (κ2) is 8.95. The number of nitrogens with zero attached hydrogens (tertiary/aromatic N) is 3. The maximum Gasteiger partial charge on any atom is 0.333 e. The molecule has 0 saturated carbocycles. The van der Waals surface area contributed by atoms with Gasteiger partial charge in [0.15, 0.2) is 0 Å². The van der Waals surface area contributed by atoms with Gasteiger partial charge in [-0.15, -0.1) is 11.3 Å². The molecule has 8 heteroatoms. The highest BCUT2D eigenvalue weighted by atomic mass is 32.1. The van der Waals surface area contributed by atoms with E-state index in [2.05, 4.69) is 48.0 Å². The zero-order valence-corrected chi connectivity index (χ0v) is 20.0. The minimum Gasteiger partial charge on any atom is -0.365 e. The molecule has 0 bridgehead atoms. The van der Waals surface area contributed by atoms with Crippen LogP contribution >= 0.6 is 11.3 Å². The van der Waals surface area contributed by atoms with Crippen molar-refractivity contribution in [2.75, 3.05) is 24.5 Å². The van der Waals surface area contributed by atoms with E-state index in [-0.39, 0.29) is 23.9 Å². The molecule has 34 heavy (non-hydrogen) atoms. The Bertz CT molecular complexity index is 1470. The van der Waals surface area contributed by atoms with Crippen molar-refractivity contribution in [3.05, 3.63) is 91.9 Å². The number of anilines is 1. The fourth-order valence-electron chi connectivity index (χ4n) is 4.60. The fraction of sp³-hybridized carbons (Fsp3) is 0.269. The lowest BCUT2D eigenvalue weighted by molar-refractivity contribution is -0.131. The standard InChI is InChI=1S/C26H26N4O3S/c1-17-4-3-5-21(14-17)29-12-11-28(16-18(29)2)23(31)15-19-6-8-20(9-7-19)30-25(32)24-22(10-13-34-24)27-26(30)33/h3-10,13-14,18H,11-12,15-16H2,1-2H3,(H,27,33). The molecule has 0 radical (unpaired) electrons. The molecule has 2 aromatic carbocycles. The number of aromatic nitrogens is 2. The van der Waals surface area contributed by atoms with Crippen LogP contribution in [0.3, 0.4) is 0 Å². The Kier molecular flexibility index (Phi) is 5.83. The van der Waals surface area contributed by atoms with Crippen molar-refractivity contribution < 1.29 is 4.79 Å². The van der Waals surface area contributed by atoms with Crippen molar-refractivity contribution in [3.63, 3.8) is 0 Å². The molecule has 1 fully saturated rings. The van der Waals surface area contributed by atoms with E-state index in [0.717, 1.165) is 16.7 Å². The number of fused-ring (bicyclic) bond motifs is 1. The maximum absolute atomic E-state index is 13.0. The highest BCUT2D eigenvalue weighted by molar-refractivity contribution is 7.17. The van der Waals surface area contributed by atoms with Crippen molar-refractivity contribution in [1.29, 1.82) is 0 Å². The van der Waals surface area contributed by atoms with E-state index in [1.54, 1.807) is 23.6 Å². The van der Waals surface area contributed by atoms with Gasteiger partial charge in [-0.1, -0.05) is 24.3 Å². The van der Waals surface area contributed by atoms with Gasteiger partial charge in [-0.3, -0.25) is 9.59 Å². The largest absolute Gasteiger partial charge is 0.365 e. The Hall–Kier alpha value is -3.65. The van der Waals surface area contributed by atoms with Crippen LogP contribution in [0.2, 0.25) is 0 Å². The number of amides is 1. The molecule has 1 aliphatic heterocycles. The number of H-pyrrole nitrogens is 1. The summed E-state index contributed by atoms with van der Waals surface area (Å²) in [6.07, 6.45) is 0.284. The predicted octanol–water partition coefficient (Wildman–Crippen LogP) is 3.33. The topological polar surface area (TPSA) is 78.4 Å². The van der Waals surface area contributed by atoms with Gasteiger partial charge >= 0.3 is 5.69 Å². The number of hydrogen-bond donors (Lipinski definition) is 1. The second-order valence-corrected chi connectivity index (χ2v) is 9.71. The molecule has 0 spiro atoms. The summed E-state index contributed by atoms with van der Waals surface area (Å²) >= 11 is 1.30. The first kappa shape index (κ1) is 22.2. The summed E-state index contributed by atoms with van der Waals surface area (Å²) in [6.45, 7) is 6.39. The number of carbonyl (C=O) groups excluding carboxylic acids is 1. The maximum atomic E-state index is 13.0. The molecule has 1 saturated heterocycles. The molecule has 1 atom stereocenters. The van der Waals surface area contributed by atoms with Crippen LogP contribution in [0.5, 0.6) is 0 Å².